The summed E-state index contributed by atoms with van der Waals surface area (Å²) in [7, 11) is 0. The first-order chi connectivity index (χ1) is 5.33. The molecular formula is C6H10N4S. The Kier molecular flexibility index (Phi) is 1.52. The smallest absolute Gasteiger partial charge is 0.222 e. The largest absolute Gasteiger partial charge is 0.368 e. The van der Waals surface area contributed by atoms with Crippen LogP contribution < -0.4 is 5.73 Å². The SMILES string of the molecule is CSc1nnc(N)n1C1CC1. The highest BCUT2D eigenvalue weighted by molar-refractivity contribution is 7.98. The van der Waals surface area contributed by atoms with Crippen LogP contribution in [-0.4, -0.2) is 21.0 Å². The molecule has 0 amide bonds. The molecule has 60 valence electrons. The molecule has 1 saturated carbocycles. The summed E-state index contributed by atoms with van der Waals surface area (Å²) >= 11 is 1.59. The molecule has 0 unspecified atom stereocenters. The predicted octanol–water partition coefficient (Wildman–Crippen LogP) is 0.917. The maximum absolute atomic E-state index is 5.63. The number of nitrogens with zero attached hydrogens (tertiary/aromatic N) is 3. The van der Waals surface area contributed by atoms with E-state index in [2.05, 4.69) is 10.2 Å². The molecule has 0 saturated heterocycles. The van der Waals surface area contributed by atoms with Crippen LogP contribution in [0.5, 0.6) is 0 Å². The molecule has 0 radical (unpaired) electrons. The summed E-state index contributed by atoms with van der Waals surface area (Å²) in [4.78, 5) is 0. The number of anilines is 1. The fraction of sp³-hybridized carbons (Fsp3) is 0.667. The number of hydrogen-bond donors (Lipinski definition) is 1. The second-order valence-electron chi connectivity index (χ2n) is 2.65. The van der Waals surface area contributed by atoms with Crippen LogP contribution in [0.15, 0.2) is 5.16 Å². The van der Waals surface area contributed by atoms with Gasteiger partial charge in [0.05, 0.1) is 0 Å². The van der Waals surface area contributed by atoms with Crippen molar-refractivity contribution in [3.05, 3.63) is 0 Å². The summed E-state index contributed by atoms with van der Waals surface area (Å²) in [6.45, 7) is 0. The Hall–Kier alpha value is -0.710. The van der Waals surface area contributed by atoms with E-state index in [1.54, 1.807) is 11.8 Å². The molecule has 1 fully saturated rings. The zero-order chi connectivity index (χ0) is 7.84. The minimum Gasteiger partial charge on any atom is -0.368 e. The van der Waals surface area contributed by atoms with Gasteiger partial charge in [-0.3, -0.25) is 4.57 Å². The molecule has 0 bridgehead atoms. The van der Waals surface area contributed by atoms with Crippen molar-refractivity contribution in [2.45, 2.75) is 24.0 Å². The van der Waals surface area contributed by atoms with Gasteiger partial charge in [-0.2, -0.15) is 0 Å². The minimum absolute atomic E-state index is 0.553. The Bertz CT molecular complexity index is 266. The van der Waals surface area contributed by atoms with Crippen LogP contribution in [0.3, 0.4) is 0 Å². The normalized spacial score (nSPS) is 17.2. The van der Waals surface area contributed by atoms with Gasteiger partial charge < -0.3 is 5.73 Å². The third-order valence-corrected chi connectivity index (χ3v) is 2.43. The lowest BCUT2D eigenvalue weighted by Crippen LogP contribution is -2.01. The van der Waals surface area contributed by atoms with Crippen molar-refractivity contribution < 1.29 is 0 Å². The van der Waals surface area contributed by atoms with E-state index in [1.807, 2.05) is 10.8 Å². The first-order valence-electron chi connectivity index (χ1n) is 3.57. The number of hydrogen-bond acceptors (Lipinski definition) is 4. The number of thioether (sulfide) groups is 1. The van der Waals surface area contributed by atoms with Crippen LogP contribution in [0.25, 0.3) is 0 Å². The molecule has 5 heteroatoms. The molecule has 1 aromatic heterocycles. The van der Waals surface area contributed by atoms with E-state index in [9.17, 15) is 0 Å². The van der Waals surface area contributed by atoms with Crippen LogP contribution in [0, 0.1) is 0 Å². The summed E-state index contributed by atoms with van der Waals surface area (Å²) < 4.78 is 2.02. The summed E-state index contributed by atoms with van der Waals surface area (Å²) in [6.07, 6.45) is 4.42. The number of nitrogens with two attached hydrogens (primary N) is 1. The molecule has 1 aromatic rings. The summed E-state index contributed by atoms with van der Waals surface area (Å²) in [6, 6.07) is 0.576. The molecule has 1 aliphatic rings. The van der Waals surface area contributed by atoms with Crippen molar-refractivity contribution in [2.24, 2.45) is 0 Å². The summed E-state index contributed by atoms with van der Waals surface area (Å²) in [5.74, 6) is 0.553. The molecular weight excluding hydrogens is 160 g/mol. The zero-order valence-corrected chi connectivity index (χ0v) is 7.14. The van der Waals surface area contributed by atoms with E-state index in [4.69, 9.17) is 5.73 Å². The van der Waals surface area contributed by atoms with Crippen molar-refractivity contribution in [1.29, 1.82) is 0 Å². The highest BCUT2D eigenvalue weighted by Gasteiger charge is 2.28. The van der Waals surface area contributed by atoms with Gasteiger partial charge >= 0.3 is 0 Å². The lowest BCUT2D eigenvalue weighted by Gasteiger charge is -2.02. The predicted molar refractivity (Wildman–Crippen MR) is 44.5 cm³/mol. The van der Waals surface area contributed by atoms with Gasteiger partial charge in [0.1, 0.15) is 0 Å². The molecule has 4 nitrogen and oxygen atoms in total. The Morgan fingerprint density at radius 1 is 1.55 bits per heavy atom. The third-order valence-electron chi connectivity index (χ3n) is 1.79. The number of rotatable bonds is 2. The first kappa shape index (κ1) is 6.97. The molecule has 11 heavy (non-hydrogen) atoms. The first-order valence-corrected chi connectivity index (χ1v) is 4.79. The van der Waals surface area contributed by atoms with Crippen molar-refractivity contribution >= 4 is 17.7 Å². The van der Waals surface area contributed by atoms with E-state index in [1.165, 1.54) is 12.8 Å². The Morgan fingerprint density at radius 2 is 2.27 bits per heavy atom. The maximum atomic E-state index is 5.63. The molecule has 0 aromatic carbocycles. The van der Waals surface area contributed by atoms with E-state index in [-0.39, 0.29) is 0 Å². The van der Waals surface area contributed by atoms with Crippen molar-refractivity contribution in [2.75, 3.05) is 12.0 Å². The van der Waals surface area contributed by atoms with Gasteiger partial charge in [-0.05, 0) is 19.1 Å². The quantitative estimate of drug-likeness (QED) is 0.670. The van der Waals surface area contributed by atoms with Crippen LogP contribution >= 0.6 is 11.8 Å². The minimum atomic E-state index is 0.553. The van der Waals surface area contributed by atoms with Crippen LogP contribution in [0.1, 0.15) is 18.9 Å². The van der Waals surface area contributed by atoms with Gasteiger partial charge in [0.15, 0.2) is 5.16 Å². The van der Waals surface area contributed by atoms with Crippen LogP contribution in [0.4, 0.5) is 5.95 Å². The van der Waals surface area contributed by atoms with E-state index >= 15 is 0 Å². The molecule has 0 aliphatic heterocycles. The maximum Gasteiger partial charge on any atom is 0.222 e. The average Bonchev–Trinajstić information content (AvgIpc) is 2.76. The lowest BCUT2D eigenvalue weighted by atomic mass is 10.7. The molecule has 1 aliphatic carbocycles. The molecule has 0 spiro atoms. The topological polar surface area (TPSA) is 56.7 Å². The summed E-state index contributed by atoms with van der Waals surface area (Å²) in [5, 5.41) is 8.70. The van der Waals surface area contributed by atoms with Gasteiger partial charge in [0.2, 0.25) is 5.95 Å². The lowest BCUT2D eigenvalue weighted by molar-refractivity contribution is 0.672. The fourth-order valence-corrected chi connectivity index (χ4v) is 1.67. The van der Waals surface area contributed by atoms with E-state index < -0.39 is 0 Å². The third kappa shape index (κ3) is 1.09. The second-order valence-corrected chi connectivity index (χ2v) is 3.42. The Morgan fingerprint density at radius 3 is 2.82 bits per heavy atom. The average molecular weight is 170 g/mol. The van der Waals surface area contributed by atoms with Gasteiger partial charge in [-0.15, -0.1) is 10.2 Å². The highest BCUT2D eigenvalue weighted by Crippen LogP contribution is 2.38. The standard InChI is InChI=1S/C6H10N4S/c1-11-6-9-8-5(7)10(6)4-2-3-4/h4H,2-3H2,1H3,(H2,7,8). The van der Waals surface area contributed by atoms with Gasteiger partial charge in [-0.25, -0.2) is 0 Å². The van der Waals surface area contributed by atoms with Gasteiger partial charge in [0, 0.05) is 6.04 Å². The van der Waals surface area contributed by atoms with E-state index in [0.29, 0.717) is 12.0 Å². The van der Waals surface area contributed by atoms with Crippen LogP contribution in [0.2, 0.25) is 0 Å². The molecule has 2 N–H and O–H groups in total. The van der Waals surface area contributed by atoms with Crippen molar-refractivity contribution in [3.63, 3.8) is 0 Å². The summed E-state index contributed by atoms with van der Waals surface area (Å²) in [5.41, 5.74) is 5.63. The number of aromatic nitrogens is 3. The van der Waals surface area contributed by atoms with Gasteiger partial charge in [0.25, 0.3) is 0 Å². The number of nitrogen functional groups attached to an aromatic ring is 1. The molecule has 2 rings (SSSR count). The second kappa shape index (κ2) is 2.41. The Balaban J connectivity index is 2.38. The van der Waals surface area contributed by atoms with Crippen LogP contribution in [-0.2, 0) is 0 Å². The van der Waals surface area contributed by atoms with E-state index in [0.717, 1.165) is 5.16 Å². The van der Waals surface area contributed by atoms with Crippen molar-refractivity contribution in [1.82, 2.24) is 14.8 Å². The highest BCUT2D eigenvalue weighted by atomic mass is 32.2. The van der Waals surface area contributed by atoms with Crippen molar-refractivity contribution in [3.8, 4) is 0 Å². The molecule has 0 atom stereocenters. The zero-order valence-electron chi connectivity index (χ0n) is 6.32. The fourth-order valence-electron chi connectivity index (χ4n) is 1.10. The molecule has 1 heterocycles. The monoisotopic (exact) mass is 170 g/mol. The van der Waals surface area contributed by atoms with Gasteiger partial charge in [-0.1, -0.05) is 11.8 Å². The Labute approximate surface area is 69.2 Å².